The maximum Gasteiger partial charge on any atom is 0.0883 e. The molecule has 4 heteroatoms. The van der Waals surface area contributed by atoms with Crippen LogP contribution in [0.15, 0.2) is 60.8 Å². The zero-order chi connectivity index (χ0) is 16.4. The Balaban J connectivity index is 1.66. The smallest absolute Gasteiger partial charge is 0.0883 e. The van der Waals surface area contributed by atoms with Crippen LogP contribution in [0.25, 0.3) is 10.9 Å². The summed E-state index contributed by atoms with van der Waals surface area (Å²) in [5.41, 5.74) is 2.45. The number of benzene rings is 2. The lowest BCUT2D eigenvalue weighted by Crippen LogP contribution is -2.30. The molecule has 24 heavy (non-hydrogen) atoms. The highest BCUT2D eigenvalue weighted by molar-refractivity contribution is 5.78. The van der Waals surface area contributed by atoms with Crippen LogP contribution in [0.5, 0.6) is 0 Å². The monoisotopic (exact) mass is 321 g/mol. The lowest BCUT2D eigenvalue weighted by atomic mass is 9.95. The molecule has 2 aromatic carbocycles. The van der Waals surface area contributed by atoms with Crippen molar-refractivity contribution >= 4 is 10.9 Å². The second-order valence-corrected chi connectivity index (χ2v) is 6.61. The molecule has 0 amide bonds. The van der Waals surface area contributed by atoms with Crippen LogP contribution in [0.2, 0.25) is 0 Å². The summed E-state index contributed by atoms with van der Waals surface area (Å²) in [6.07, 6.45) is 2.06. The number of hydrogen-bond acceptors (Lipinski definition) is 3. The molecule has 0 spiro atoms. The molecule has 2 unspecified atom stereocenters. The van der Waals surface area contributed by atoms with Crippen molar-refractivity contribution in [1.82, 2.24) is 14.7 Å². The molecule has 0 saturated carbocycles. The fourth-order valence-corrected chi connectivity index (χ4v) is 3.62. The van der Waals surface area contributed by atoms with Crippen molar-refractivity contribution in [1.29, 1.82) is 0 Å². The molecular formula is C20H23N3O. The number of ether oxygens (including phenoxy) is 1. The highest BCUT2D eigenvalue weighted by Gasteiger charge is 2.29. The molecule has 4 rings (SSSR count). The van der Waals surface area contributed by atoms with Gasteiger partial charge in [0, 0.05) is 30.9 Å². The summed E-state index contributed by atoms with van der Waals surface area (Å²) in [4.78, 5) is 2.36. The molecule has 3 aromatic rings. The Kier molecular flexibility index (Phi) is 4.32. The number of likely N-dealkylation sites (N-methyl/N-ethyl adjacent to an activating group) is 1. The number of nitrogens with zero attached hydrogens (tertiary/aromatic N) is 3. The summed E-state index contributed by atoms with van der Waals surface area (Å²) >= 11 is 0. The van der Waals surface area contributed by atoms with Crippen molar-refractivity contribution in [3.8, 4) is 0 Å². The van der Waals surface area contributed by atoms with Gasteiger partial charge in [0.25, 0.3) is 0 Å². The van der Waals surface area contributed by atoms with E-state index < -0.39 is 0 Å². The first-order chi connectivity index (χ1) is 11.8. The van der Waals surface area contributed by atoms with Gasteiger partial charge in [-0.25, -0.2) is 0 Å². The summed E-state index contributed by atoms with van der Waals surface area (Å²) in [5, 5.41) is 5.81. The topological polar surface area (TPSA) is 30.3 Å². The Morgan fingerprint density at radius 1 is 1.08 bits per heavy atom. The van der Waals surface area contributed by atoms with E-state index in [9.17, 15) is 0 Å². The Hall–Kier alpha value is -2.17. The fourth-order valence-electron chi connectivity index (χ4n) is 3.62. The van der Waals surface area contributed by atoms with Gasteiger partial charge in [-0.2, -0.15) is 5.10 Å². The predicted molar refractivity (Wildman–Crippen MR) is 95.9 cm³/mol. The van der Waals surface area contributed by atoms with E-state index in [4.69, 9.17) is 4.74 Å². The molecule has 1 fully saturated rings. The van der Waals surface area contributed by atoms with Crippen LogP contribution in [0.4, 0.5) is 0 Å². The van der Waals surface area contributed by atoms with Crippen LogP contribution >= 0.6 is 0 Å². The number of para-hydroxylation sites is 1. The van der Waals surface area contributed by atoms with Crippen molar-refractivity contribution in [3.63, 3.8) is 0 Å². The van der Waals surface area contributed by atoms with Gasteiger partial charge in [0.1, 0.15) is 0 Å². The Bertz CT molecular complexity index is 799. The molecule has 124 valence electrons. The van der Waals surface area contributed by atoms with Gasteiger partial charge in [-0.05, 0) is 18.7 Å². The summed E-state index contributed by atoms with van der Waals surface area (Å²) in [7, 11) is 2.17. The third-order valence-electron chi connectivity index (χ3n) is 4.83. The van der Waals surface area contributed by atoms with Crippen molar-refractivity contribution < 1.29 is 4.74 Å². The lowest BCUT2D eigenvalue weighted by Gasteiger charge is -2.27. The van der Waals surface area contributed by atoms with E-state index in [0.29, 0.717) is 5.92 Å². The molecule has 4 nitrogen and oxygen atoms in total. The average Bonchev–Trinajstić information content (AvgIpc) is 2.92. The highest BCUT2D eigenvalue weighted by Crippen LogP contribution is 2.30. The minimum absolute atomic E-state index is 0.110. The zero-order valence-corrected chi connectivity index (χ0v) is 14.0. The molecule has 2 heterocycles. The largest absolute Gasteiger partial charge is 0.372 e. The molecule has 0 bridgehead atoms. The standard InChI is InChI=1S/C20H23N3O/c1-22-11-12-24-20(16-7-3-2-4-8-16)18(14-22)15-23-19-10-6-5-9-17(19)13-21-23/h2-10,13,18,20H,11-12,14-15H2,1H3. The Morgan fingerprint density at radius 2 is 1.88 bits per heavy atom. The molecule has 0 aliphatic carbocycles. The molecule has 1 aromatic heterocycles. The number of fused-ring (bicyclic) bond motifs is 1. The Morgan fingerprint density at radius 3 is 2.75 bits per heavy atom. The van der Waals surface area contributed by atoms with Crippen LogP contribution in [-0.4, -0.2) is 41.4 Å². The first kappa shape index (κ1) is 15.4. The quantitative estimate of drug-likeness (QED) is 0.741. The van der Waals surface area contributed by atoms with E-state index >= 15 is 0 Å². The van der Waals surface area contributed by atoms with Crippen LogP contribution in [0.3, 0.4) is 0 Å². The van der Waals surface area contributed by atoms with E-state index in [-0.39, 0.29) is 6.10 Å². The first-order valence-electron chi connectivity index (χ1n) is 8.57. The second-order valence-electron chi connectivity index (χ2n) is 6.61. The minimum atomic E-state index is 0.110. The summed E-state index contributed by atoms with van der Waals surface area (Å²) in [5.74, 6) is 0.364. The number of hydrogen-bond donors (Lipinski definition) is 0. The van der Waals surface area contributed by atoms with Crippen LogP contribution in [-0.2, 0) is 11.3 Å². The predicted octanol–water partition coefficient (Wildman–Crippen LogP) is 3.36. The SMILES string of the molecule is CN1CCOC(c2ccccc2)C(Cn2ncc3ccccc32)C1. The van der Waals surface area contributed by atoms with Gasteiger partial charge in [-0.3, -0.25) is 4.68 Å². The van der Waals surface area contributed by atoms with Gasteiger partial charge in [0.05, 0.1) is 24.4 Å². The minimum Gasteiger partial charge on any atom is -0.372 e. The van der Waals surface area contributed by atoms with Gasteiger partial charge in [0.2, 0.25) is 0 Å². The maximum absolute atomic E-state index is 6.25. The maximum atomic E-state index is 6.25. The molecule has 1 saturated heterocycles. The van der Waals surface area contributed by atoms with E-state index in [2.05, 4.69) is 76.3 Å². The summed E-state index contributed by atoms with van der Waals surface area (Å²) in [6.45, 7) is 3.61. The fraction of sp³-hybridized carbons (Fsp3) is 0.350. The van der Waals surface area contributed by atoms with Crippen LogP contribution in [0.1, 0.15) is 11.7 Å². The van der Waals surface area contributed by atoms with Crippen molar-refractivity contribution in [2.75, 3.05) is 26.7 Å². The van der Waals surface area contributed by atoms with Gasteiger partial charge >= 0.3 is 0 Å². The third kappa shape index (κ3) is 3.07. The lowest BCUT2D eigenvalue weighted by molar-refractivity contribution is 0.0247. The van der Waals surface area contributed by atoms with Crippen LogP contribution < -0.4 is 0 Å². The Labute approximate surface area is 142 Å². The molecule has 1 aliphatic rings. The number of rotatable bonds is 3. The molecule has 1 aliphatic heterocycles. The first-order valence-corrected chi connectivity index (χ1v) is 8.57. The van der Waals surface area contributed by atoms with Crippen LogP contribution in [0, 0.1) is 5.92 Å². The van der Waals surface area contributed by atoms with Crippen molar-refractivity contribution in [3.05, 3.63) is 66.4 Å². The molecule has 0 radical (unpaired) electrons. The van der Waals surface area contributed by atoms with E-state index in [0.717, 1.165) is 26.2 Å². The van der Waals surface area contributed by atoms with Crippen molar-refractivity contribution in [2.45, 2.75) is 12.6 Å². The van der Waals surface area contributed by atoms with Gasteiger partial charge in [-0.15, -0.1) is 0 Å². The number of aromatic nitrogens is 2. The van der Waals surface area contributed by atoms with Gasteiger partial charge in [0.15, 0.2) is 0 Å². The molecular weight excluding hydrogens is 298 g/mol. The molecule has 0 N–H and O–H groups in total. The summed E-state index contributed by atoms with van der Waals surface area (Å²) < 4.78 is 8.37. The average molecular weight is 321 g/mol. The van der Waals surface area contributed by atoms with E-state index in [1.807, 2.05) is 6.20 Å². The third-order valence-corrected chi connectivity index (χ3v) is 4.83. The van der Waals surface area contributed by atoms with E-state index in [1.165, 1.54) is 16.5 Å². The van der Waals surface area contributed by atoms with Gasteiger partial charge < -0.3 is 9.64 Å². The van der Waals surface area contributed by atoms with Gasteiger partial charge in [-0.1, -0.05) is 48.5 Å². The zero-order valence-electron chi connectivity index (χ0n) is 14.0. The summed E-state index contributed by atoms with van der Waals surface area (Å²) in [6, 6.07) is 19.0. The van der Waals surface area contributed by atoms with Crippen molar-refractivity contribution in [2.24, 2.45) is 5.92 Å². The normalized spacial score (nSPS) is 22.5. The van der Waals surface area contributed by atoms with E-state index in [1.54, 1.807) is 0 Å². The highest BCUT2D eigenvalue weighted by atomic mass is 16.5. The second kappa shape index (κ2) is 6.75. The molecule has 2 atom stereocenters.